The quantitative estimate of drug-likeness (QED) is 0.768. The van der Waals surface area contributed by atoms with Gasteiger partial charge in [0.05, 0.1) is 19.2 Å². The number of anilines is 1. The summed E-state index contributed by atoms with van der Waals surface area (Å²) in [5.74, 6) is -1.06. The van der Waals surface area contributed by atoms with Gasteiger partial charge in [0.1, 0.15) is 5.75 Å². The van der Waals surface area contributed by atoms with Crippen LogP contribution in [0.3, 0.4) is 0 Å². The van der Waals surface area contributed by atoms with E-state index < -0.39 is 23.9 Å². The van der Waals surface area contributed by atoms with Crippen LogP contribution in [0.15, 0.2) is 65.8 Å². The van der Waals surface area contributed by atoms with Gasteiger partial charge in [-0.2, -0.15) is 0 Å². The van der Waals surface area contributed by atoms with Crippen LogP contribution in [0.5, 0.6) is 5.75 Å². The third-order valence-corrected chi connectivity index (χ3v) is 4.27. The number of rotatable bonds is 7. The predicted molar refractivity (Wildman–Crippen MR) is 105 cm³/mol. The molecule has 0 unspecified atom stereocenters. The number of carbonyl (C=O) groups is 2. The van der Waals surface area contributed by atoms with Crippen LogP contribution in [-0.2, 0) is 14.4 Å². The number of carboxylic acid groups (broad SMARTS) is 1. The van der Waals surface area contributed by atoms with Gasteiger partial charge in [-0.25, -0.2) is 0 Å². The van der Waals surface area contributed by atoms with Crippen LogP contribution in [0.1, 0.15) is 18.4 Å². The largest absolute Gasteiger partial charge is 0.497 e. The Hall–Kier alpha value is -3.61. The average molecular weight is 380 g/mol. The molecule has 0 radical (unpaired) electrons. The number of nitrogens with one attached hydrogen (secondary N) is 1. The normalized spacial score (nSPS) is 18.4. The molecule has 1 atom stereocenters. The maximum atomic E-state index is 12.8. The molecule has 0 aromatic heterocycles. The molecule has 7 nitrogen and oxygen atoms in total. The Kier molecular flexibility index (Phi) is 5.74. The van der Waals surface area contributed by atoms with Crippen molar-refractivity contribution in [2.75, 3.05) is 12.4 Å². The number of ether oxygens (including phenoxy) is 1. The van der Waals surface area contributed by atoms with Crippen LogP contribution in [0.4, 0.5) is 5.69 Å². The minimum atomic E-state index is -1.60. The third-order valence-electron chi connectivity index (χ3n) is 4.27. The van der Waals surface area contributed by atoms with Crippen molar-refractivity contribution in [3.05, 3.63) is 66.2 Å². The molecule has 0 saturated heterocycles. The van der Waals surface area contributed by atoms with Gasteiger partial charge in [-0.15, -0.1) is 0 Å². The number of nitrogens with zero attached hydrogens (tertiary/aromatic N) is 1. The molecular weight excluding hydrogens is 360 g/mol. The molecule has 144 valence electrons. The standard InChI is InChI=1S/C21H20N2O5/c1-27-18-11-9-16(10-12-18)22-20(26)21(14-19(24)25)13-17(23-28-21)8-7-15-5-3-2-4-6-15/h2-12H,13-14H2,1H3,(H,22,26)(H,24,25)/t21-/m0/s1. The molecule has 2 aromatic rings. The maximum absolute atomic E-state index is 12.8. The summed E-state index contributed by atoms with van der Waals surface area (Å²) in [4.78, 5) is 29.5. The first kappa shape index (κ1) is 19.2. The van der Waals surface area contributed by atoms with Gasteiger partial charge < -0.3 is 20.0 Å². The third kappa shape index (κ3) is 4.56. The van der Waals surface area contributed by atoms with E-state index in [0.29, 0.717) is 17.1 Å². The van der Waals surface area contributed by atoms with Crippen molar-refractivity contribution in [2.45, 2.75) is 18.4 Å². The molecule has 28 heavy (non-hydrogen) atoms. The van der Waals surface area contributed by atoms with Crippen molar-refractivity contribution in [3.8, 4) is 5.75 Å². The summed E-state index contributed by atoms with van der Waals surface area (Å²) in [6, 6.07) is 16.3. The lowest BCUT2D eigenvalue weighted by Crippen LogP contribution is -2.45. The zero-order valence-corrected chi connectivity index (χ0v) is 15.3. The molecule has 1 amide bonds. The van der Waals surface area contributed by atoms with Crippen molar-refractivity contribution in [3.63, 3.8) is 0 Å². The Morgan fingerprint density at radius 3 is 2.54 bits per heavy atom. The highest BCUT2D eigenvalue weighted by molar-refractivity contribution is 6.08. The number of carbonyl (C=O) groups excluding carboxylic acids is 1. The fraction of sp³-hybridized carbons (Fsp3) is 0.190. The van der Waals surface area contributed by atoms with Crippen LogP contribution in [0.2, 0.25) is 0 Å². The smallest absolute Gasteiger partial charge is 0.308 e. The summed E-state index contributed by atoms with van der Waals surface area (Å²) < 4.78 is 5.08. The minimum absolute atomic E-state index is 0.0601. The summed E-state index contributed by atoms with van der Waals surface area (Å²) in [5, 5.41) is 15.9. The van der Waals surface area contributed by atoms with Gasteiger partial charge in [-0.1, -0.05) is 41.6 Å². The van der Waals surface area contributed by atoms with E-state index in [0.717, 1.165) is 5.56 Å². The second-order valence-corrected chi connectivity index (χ2v) is 6.34. The van der Waals surface area contributed by atoms with Crippen molar-refractivity contribution >= 4 is 29.4 Å². The van der Waals surface area contributed by atoms with Crippen LogP contribution >= 0.6 is 0 Å². The van der Waals surface area contributed by atoms with E-state index in [2.05, 4.69) is 10.5 Å². The Morgan fingerprint density at radius 1 is 1.18 bits per heavy atom. The topological polar surface area (TPSA) is 97.2 Å². The van der Waals surface area contributed by atoms with E-state index >= 15 is 0 Å². The number of allylic oxidation sites excluding steroid dienone is 1. The Labute approximate surface area is 162 Å². The Balaban J connectivity index is 1.73. The van der Waals surface area contributed by atoms with Crippen LogP contribution in [0.25, 0.3) is 6.08 Å². The average Bonchev–Trinajstić information content (AvgIpc) is 3.11. The molecule has 2 aromatic carbocycles. The number of carboxylic acids is 1. The molecule has 0 saturated carbocycles. The van der Waals surface area contributed by atoms with Gasteiger partial charge in [0, 0.05) is 12.1 Å². The Morgan fingerprint density at radius 2 is 1.89 bits per heavy atom. The molecule has 0 fully saturated rings. The Bertz CT molecular complexity index is 906. The molecule has 0 spiro atoms. The van der Waals surface area contributed by atoms with E-state index in [1.165, 1.54) is 0 Å². The molecule has 2 N–H and O–H groups in total. The molecule has 1 aliphatic heterocycles. The molecule has 0 aliphatic carbocycles. The number of benzene rings is 2. The second kappa shape index (κ2) is 8.39. The lowest BCUT2D eigenvalue weighted by Gasteiger charge is -2.23. The molecule has 3 rings (SSSR count). The number of hydrogen-bond donors (Lipinski definition) is 2. The molecule has 1 aliphatic rings. The first-order chi connectivity index (χ1) is 13.5. The highest BCUT2D eigenvalue weighted by Crippen LogP contribution is 2.30. The summed E-state index contributed by atoms with van der Waals surface area (Å²) in [7, 11) is 1.55. The lowest BCUT2D eigenvalue weighted by atomic mass is 9.92. The van der Waals surface area contributed by atoms with E-state index in [1.807, 2.05) is 36.4 Å². The van der Waals surface area contributed by atoms with Crippen LogP contribution in [-0.4, -0.2) is 35.4 Å². The lowest BCUT2D eigenvalue weighted by molar-refractivity contribution is -0.152. The maximum Gasteiger partial charge on any atom is 0.308 e. The number of methoxy groups -OCH3 is 1. The highest BCUT2D eigenvalue weighted by Gasteiger charge is 2.48. The fourth-order valence-electron chi connectivity index (χ4n) is 2.81. The van der Waals surface area contributed by atoms with Crippen LogP contribution in [0, 0.1) is 0 Å². The SMILES string of the molecule is COc1ccc(NC(=O)[C@@]2(CC(=O)O)CC(C=Cc3ccccc3)=NO2)cc1. The van der Waals surface area contributed by atoms with Crippen molar-refractivity contribution in [2.24, 2.45) is 5.16 Å². The van der Waals surface area contributed by atoms with E-state index in [9.17, 15) is 14.7 Å². The van der Waals surface area contributed by atoms with Gasteiger partial charge in [-0.3, -0.25) is 9.59 Å². The molecular formula is C21H20N2O5. The van der Waals surface area contributed by atoms with E-state index in [4.69, 9.17) is 9.57 Å². The second-order valence-electron chi connectivity index (χ2n) is 6.34. The number of amides is 1. The highest BCUT2D eigenvalue weighted by atomic mass is 16.7. The predicted octanol–water partition coefficient (Wildman–Crippen LogP) is 3.34. The minimum Gasteiger partial charge on any atom is -0.497 e. The molecule has 7 heteroatoms. The molecule has 1 heterocycles. The number of oxime groups is 1. The van der Waals surface area contributed by atoms with Gasteiger partial charge in [0.25, 0.3) is 5.91 Å². The number of hydrogen-bond acceptors (Lipinski definition) is 5. The zero-order chi connectivity index (χ0) is 20.0. The first-order valence-electron chi connectivity index (χ1n) is 8.66. The number of aliphatic carboxylic acids is 1. The zero-order valence-electron chi connectivity index (χ0n) is 15.3. The van der Waals surface area contributed by atoms with E-state index in [-0.39, 0.29) is 6.42 Å². The monoisotopic (exact) mass is 380 g/mol. The van der Waals surface area contributed by atoms with Gasteiger partial charge >= 0.3 is 5.97 Å². The van der Waals surface area contributed by atoms with Gasteiger partial charge in [0.15, 0.2) is 0 Å². The fourth-order valence-corrected chi connectivity index (χ4v) is 2.81. The summed E-state index contributed by atoms with van der Waals surface area (Å²) in [6.07, 6.45) is 3.12. The summed E-state index contributed by atoms with van der Waals surface area (Å²) >= 11 is 0. The van der Waals surface area contributed by atoms with Crippen molar-refractivity contribution in [1.82, 2.24) is 0 Å². The van der Waals surface area contributed by atoms with Gasteiger partial charge in [-0.05, 0) is 35.9 Å². The van der Waals surface area contributed by atoms with Gasteiger partial charge in [0.2, 0.25) is 5.60 Å². The summed E-state index contributed by atoms with van der Waals surface area (Å²) in [6.45, 7) is 0. The van der Waals surface area contributed by atoms with E-state index in [1.54, 1.807) is 37.5 Å². The van der Waals surface area contributed by atoms with Crippen molar-refractivity contribution in [1.29, 1.82) is 0 Å². The van der Waals surface area contributed by atoms with Crippen LogP contribution < -0.4 is 10.1 Å². The summed E-state index contributed by atoms with van der Waals surface area (Å²) in [5.41, 5.74) is 0.369. The first-order valence-corrected chi connectivity index (χ1v) is 8.66. The molecule has 0 bridgehead atoms. The van der Waals surface area contributed by atoms with Crippen molar-refractivity contribution < 1.29 is 24.3 Å².